The molecule has 0 aliphatic carbocycles. The molecule has 0 saturated heterocycles. The van der Waals surface area contributed by atoms with Crippen molar-refractivity contribution in [3.8, 4) is 5.75 Å². The molecule has 0 fully saturated rings. The third-order valence-corrected chi connectivity index (χ3v) is 3.29. The first-order valence-electron chi connectivity index (χ1n) is 6.97. The molecule has 1 atom stereocenters. The zero-order valence-electron chi connectivity index (χ0n) is 12.7. The molecule has 5 nitrogen and oxygen atoms in total. The summed E-state index contributed by atoms with van der Waals surface area (Å²) in [6.07, 6.45) is 3.50. The van der Waals surface area contributed by atoms with Crippen molar-refractivity contribution in [1.29, 1.82) is 0 Å². The summed E-state index contributed by atoms with van der Waals surface area (Å²) in [6.45, 7) is 2.56. The lowest BCUT2D eigenvalue weighted by molar-refractivity contribution is 0.338. The predicted molar refractivity (Wildman–Crippen MR) is 85.3 cm³/mol. The van der Waals surface area contributed by atoms with Crippen LogP contribution in [0, 0.1) is 0 Å². The van der Waals surface area contributed by atoms with Gasteiger partial charge in [0.25, 0.3) is 0 Å². The van der Waals surface area contributed by atoms with E-state index in [0.717, 1.165) is 22.6 Å². The quantitative estimate of drug-likeness (QED) is 0.629. The molecule has 21 heavy (non-hydrogen) atoms. The average Bonchev–Trinajstić information content (AvgIpc) is 2.49. The van der Waals surface area contributed by atoms with Crippen LogP contribution < -0.4 is 20.9 Å². The van der Waals surface area contributed by atoms with Crippen LogP contribution in [-0.4, -0.2) is 25.7 Å². The molecule has 2 aromatic rings. The van der Waals surface area contributed by atoms with Crippen LogP contribution in [-0.2, 0) is 0 Å². The van der Waals surface area contributed by atoms with Crippen molar-refractivity contribution in [2.24, 2.45) is 5.84 Å². The van der Waals surface area contributed by atoms with Crippen molar-refractivity contribution in [2.75, 3.05) is 25.6 Å². The number of pyridine rings is 1. The summed E-state index contributed by atoms with van der Waals surface area (Å²) in [5.41, 5.74) is 6.05. The largest absolute Gasteiger partial charge is 0.492 e. The number of nitrogens with one attached hydrogen (secondary N) is 1. The molecule has 112 valence electrons. The lowest BCUT2D eigenvalue weighted by Crippen LogP contribution is -2.29. The van der Waals surface area contributed by atoms with Gasteiger partial charge in [0.15, 0.2) is 0 Å². The van der Waals surface area contributed by atoms with Crippen LogP contribution in [0.3, 0.4) is 0 Å². The Morgan fingerprint density at radius 1 is 1.19 bits per heavy atom. The van der Waals surface area contributed by atoms with Crippen LogP contribution in [0.15, 0.2) is 42.7 Å². The van der Waals surface area contributed by atoms with E-state index < -0.39 is 0 Å². The van der Waals surface area contributed by atoms with E-state index >= 15 is 0 Å². The van der Waals surface area contributed by atoms with Crippen LogP contribution in [0.25, 0.3) is 0 Å². The van der Waals surface area contributed by atoms with Crippen LogP contribution in [0.4, 0.5) is 5.69 Å². The third-order valence-electron chi connectivity index (χ3n) is 3.29. The van der Waals surface area contributed by atoms with Gasteiger partial charge in [-0.05, 0) is 36.2 Å². The Bertz CT molecular complexity index is 569. The highest BCUT2D eigenvalue weighted by atomic mass is 16.5. The number of anilines is 1. The normalized spacial score (nSPS) is 12.0. The monoisotopic (exact) mass is 286 g/mol. The van der Waals surface area contributed by atoms with Gasteiger partial charge in [-0.2, -0.15) is 0 Å². The van der Waals surface area contributed by atoms with Gasteiger partial charge in [-0.15, -0.1) is 0 Å². The molecule has 3 N–H and O–H groups in total. The van der Waals surface area contributed by atoms with Gasteiger partial charge in [0.2, 0.25) is 0 Å². The van der Waals surface area contributed by atoms with Gasteiger partial charge in [-0.25, -0.2) is 5.43 Å². The van der Waals surface area contributed by atoms with E-state index in [1.54, 1.807) is 12.4 Å². The SMILES string of the molecule is CCOc1cncc(C(NN)c2ccc(N(C)C)cc2)c1. The zero-order valence-corrected chi connectivity index (χ0v) is 12.7. The standard InChI is InChI=1S/C16H22N4O/c1-4-21-15-9-13(10-18-11-15)16(19-17)12-5-7-14(8-6-12)20(2)3/h5-11,16,19H,4,17H2,1-3H3. The van der Waals surface area contributed by atoms with Crippen molar-refractivity contribution in [3.63, 3.8) is 0 Å². The Morgan fingerprint density at radius 2 is 1.90 bits per heavy atom. The van der Waals surface area contributed by atoms with Crippen LogP contribution in [0.2, 0.25) is 0 Å². The summed E-state index contributed by atoms with van der Waals surface area (Å²) in [4.78, 5) is 6.28. The van der Waals surface area contributed by atoms with Crippen molar-refractivity contribution in [2.45, 2.75) is 13.0 Å². The molecular weight excluding hydrogens is 264 g/mol. The second-order valence-corrected chi connectivity index (χ2v) is 4.97. The Morgan fingerprint density at radius 3 is 2.48 bits per heavy atom. The van der Waals surface area contributed by atoms with Gasteiger partial charge in [-0.1, -0.05) is 12.1 Å². The molecule has 0 aliphatic rings. The van der Waals surface area contributed by atoms with Crippen LogP contribution >= 0.6 is 0 Å². The maximum Gasteiger partial charge on any atom is 0.137 e. The Labute approximate surface area is 125 Å². The molecule has 1 heterocycles. The van der Waals surface area contributed by atoms with Crippen molar-refractivity contribution >= 4 is 5.69 Å². The molecule has 0 spiro atoms. The molecule has 0 radical (unpaired) electrons. The number of hydrogen-bond acceptors (Lipinski definition) is 5. The highest BCUT2D eigenvalue weighted by molar-refractivity contribution is 5.47. The van der Waals surface area contributed by atoms with Crippen LogP contribution in [0.5, 0.6) is 5.75 Å². The van der Waals surface area contributed by atoms with E-state index in [0.29, 0.717) is 6.61 Å². The first kappa shape index (κ1) is 15.3. The zero-order chi connectivity index (χ0) is 15.2. The summed E-state index contributed by atoms with van der Waals surface area (Å²) >= 11 is 0. The van der Waals surface area contributed by atoms with Gasteiger partial charge in [0, 0.05) is 26.0 Å². The van der Waals surface area contributed by atoms with E-state index in [9.17, 15) is 0 Å². The molecule has 5 heteroatoms. The number of hydrazine groups is 1. The minimum Gasteiger partial charge on any atom is -0.492 e. The van der Waals surface area contributed by atoms with Gasteiger partial charge >= 0.3 is 0 Å². The highest BCUT2D eigenvalue weighted by Crippen LogP contribution is 2.25. The van der Waals surface area contributed by atoms with Crippen LogP contribution in [0.1, 0.15) is 24.1 Å². The third kappa shape index (κ3) is 3.71. The smallest absolute Gasteiger partial charge is 0.137 e. The molecule has 0 bridgehead atoms. The minimum atomic E-state index is -0.117. The molecule has 1 aromatic heterocycles. The number of hydrogen-bond donors (Lipinski definition) is 2. The van der Waals surface area contributed by atoms with E-state index in [1.165, 1.54) is 0 Å². The van der Waals surface area contributed by atoms with Gasteiger partial charge in [0.05, 0.1) is 18.8 Å². The molecule has 1 aromatic carbocycles. The molecule has 0 saturated carbocycles. The number of nitrogens with two attached hydrogens (primary N) is 1. The number of aromatic nitrogens is 1. The molecule has 2 rings (SSSR count). The Kier molecular flexibility index (Phi) is 5.14. The summed E-state index contributed by atoms with van der Waals surface area (Å²) < 4.78 is 5.49. The van der Waals surface area contributed by atoms with Crippen molar-refractivity contribution in [1.82, 2.24) is 10.4 Å². The lowest BCUT2D eigenvalue weighted by atomic mass is 10.0. The fourth-order valence-electron chi connectivity index (χ4n) is 2.19. The lowest BCUT2D eigenvalue weighted by Gasteiger charge is -2.19. The number of nitrogens with zero attached hydrogens (tertiary/aromatic N) is 2. The van der Waals surface area contributed by atoms with E-state index in [2.05, 4.69) is 39.6 Å². The molecular formula is C16H22N4O. The predicted octanol–water partition coefficient (Wildman–Crippen LogP) is 2.10. The van der Waals surface area contributed by atoms with Gasteiger partial charge < -0.3 is 9.64 Å². The summed E-state index contributed by atoms with van der Waals surface area (Å²) in [7, 11) is 4.03. The fourth-order valence-corrected chi connectivity index (χ4v) is 2.19. The first-order chi connectivity index (χ1) is 10.2. The average molecular weight is 286 g/mol. The van der Waals surface area contributed by atoms with Gasteiger partial charge in [-0.3, -0.25) is 10.8 Å². The van der Waals surface area contributed by atoms with E-state index in [4.69, 9.17) is 10.6 Å². The summed E-state index contributed by atoms with van der Waals surface area (Å²) in [5, 5.41) is 0. The Hall–Kier alpha value is -2.11. The molecule has 1 unspecified atom stereocenters. The fraction of sp³-hybridized carbons (Fsp3) is 0.312. The molecule has 0 aliphatic heterocycles. The van der Waals surface area contributed by atoms with Crippen molar-refractivity contribution in [3.05, 3.63) is 53.9 Å². The number of ether oxygens (including phenoxy) is 1. The second kappa shape index (κ2) is 7.06. The first-order valence-corrected chi connectivity index (χ1v) is 6.97. The van der Waals surface area contributed by atoms with Crippen molar-refractivity contribution < 1.29 is 4.74 Å². The molecule has 0 amide bonds. The maximum atomic E-state index is 5.73. The maximum absolute atomic E-state index is 5.73. The number of rotatable bonds is 6. The highest BCUT2D eigenvalue weighted by Gasteiger charge is 2.13. The Balaban J connectivity index is 2.28. The van der Waals surface area contributed by atoms with E-state index in [1.807, 2.05) is 27.1 Å². The summed E-state index contributed by atoms with van der Waals surface area (Å²) in [6, 6.07) is 10.1. The van der Waals surface area contributed by atoms with E-state index in [-0.39, 0.29) is 6.04 Å². The second-order valence-electron chi connectivity index (χ2n) is 4.97. The number of benzene rings is 1. The minimum absolute atomic E-state index is 0.117. The summed E-state index contributed by atoms with van der Waals surface area (Å²) in [5.74, 6) is 6.48. The van der Waals surface area contributed by atoms with Gasteiger partial charge in [0.1, 0.15) is 5.75 Å². The topological polar surface area (TPSA) is 63.4 Å².